The molecule has 0 amide bonds. The number of aromatic nitrogens is 5. The molecule has 138 valence electrons. The van der Waals surface area contributed by atoms with Crippen LogP contribution in [0.4, 0.5) is 5.82 Å². The summed E-state index contributed by atoms with van der Waals surface area (Å²) in [6, 6.07) is 3.60. The molecule has 0 saturated carbocycles. The van der Waals surface area contributed by atoms with Crippen molar-refractivity contribution in [1.82, 2.24) is 29.3 Å². The average molecular weight is 393 g/mol. The Morgan fingerprint density at radius 2 is 1.92 bits per heavy atom. The topological polar surface area (TPSA) is 97.1 Å². The predicted molar refractivity (Wildman–Crippen MR) is 98.8 cm³/mol. The van der Waals surface area contributed by atoms with Crippen LogP contribution in [0.25, 0.3) is 11.2 Å². The number of thiophene rings is 1. The highest BCUT2D eigenvalue weighted by molar-refractivity contribution is 7.91. The first kappa shape index (κ1) is 17.3. The molecule has 3 aromatic rings. The van der Waals surface area contributed by atoms with E-state index in [1.807, 2.05) is 17.9 Å². The zero-order valence-corrected chi connectivity index (χ0v) is 16.2. The van der Waals surface area contributed by atoms with Crippen molar-refractivity contribution in [1.29, 1.82) is 0 Å². The van der Waals surface area contributed by atoms with Crippen LogP contribution in [0, 0.1) is 0 Å². The maximum Gasteiger partial charge on any atom is 0.252 e. The highest BCUT2D eigenvalue weighted by atomic mass is 32.2. The highest BCUT2D eigenvalue weighted by Crippen LogP contribution is 2.27. The van der Waals surface area contributed by atoms with Crippen LogP contribution in [0.3, 0.4) is 0 Å². The molecule has 1 aliphatic heterocycles. The third-order valence-corrected chi connectivity index (χ3v) is 8.08. The fourth-order valence-corrected chi connectivity index (χ4v) is 5.90. The molecule has 0 spiro atoms. The molecule has 4 heterocycles. The zero-order chi connectivity index (χ0) is 18.3. The van der Waals surface area contributed by atoms with Crippen molar-refractivity contribution in [3.05, 3.63) is 23.3 Å². The molecular weight excluding hydrogens is 374 g/mol. The van der Waals surface area contributed by atoms with E-state index in [1.165, 1.54) is 17.7 Å². The molecule has 3 aromatic heterocycles. The quantitative estimate of drug-likeness (QED) is 0.649. The molecule has 0 aromatic carbocycles. The van der Waals surface area contributed by atoms with E-state index in [2.05, 4.69) is 20.3 Å². The summed E-state index contributed by atoms with van der Waals surface area (Å²) in [6.07, 6.45) is 2.33. The van der Waals surface area contributed by atoms with E-state index in [-0.39, 0.29) is 0 Å². The first-order valence-electron chi connectivity index (χ1n) is 8.35. The second-order valence-corrected chi connectivity index (χ2v) is 9.38. The summed E-state index contributed by atoms with van der Waals surface area (Å²) in [7, 11) is -1.65. The SMILES string of the molecule is CCc1ccc(S(=O)(=O)N2CCN(c3ncnc4c3nnn4C)CC2)s1. The van der Waals surface area contributed by atoms with Crippen molar-refractivity contribution in [2.24, 2.45) is 7.05 Å². The maximum absolute atomic E-state index is 12.8. The summed E-state index contributed by atoms with van der Waals surface area (Å²) in [6.45, 7) is 3.94. The van der Waals surface area contributed by atoms with Crippen molar-refractivity contribution in [3.63, 3.8) is 0 Å². The lowest BCUT2D eigenvalue weighted by Gasteiger charge is -2.34. The zero-order valence-electron chi connectivity index (χ0n) is 14.5. The summed E-state index contributed by atoms with van der Waals surface area (Å²) in [4.78, 5) is 11.6. The number of nitrogens with zero attached hydrogens (tertiary/aromatic N) is 7. The Morgan fingerprint density at radius 3 is 2.62 bits per heavy atom. The van der Waals surface area contributed by atoms with Crippen LogP contribution in [0.1, 0.15) is 11.8 Å². The lowest BCUT2D eigenvalue weighted by Crippen LogP contribution is -2.48. The molecule has 1 aliphatic rings. The minimum Gasteiger partial charge on any atom is -0.352 e. The van der Waals surface area contributed by atoms with Gasteiger partial charge in [-0.2, -0.15) is 4.31 Å². The number of rotatable bonds is 4. The predicted octanol–water partition coefficient (Wildman–Crippen LogP) is 0.893. The molecule has 1 fully saturated rings. The lowest BCUT2D eigenvalue weighted by atomic mass is 10.3. The van der Waals surface area contributed by atoms with Crippen LogP contribution in [0.15, 0.2) is 22.7 Å². The fourth-order valence-electron chi connectivity index (χ4n) is 3.03. The van der Waals surface area contributed by atoms with Gasteiger partial charge in [0.2, 0.25) is 0 Å². The number of hydrogen-bond donors (Lipinski definition) is 0. The molecule has 0 N–H and O–H groups in total. The van der Waals surface area contributed by atoms with E-state index < -0.39 is 10.0 Å². The molecule has 0 unspecified atom stereocenters. The Bertz CT molecular complexity index is 1040. The monoisotopic (exact) mass is 393 g/mol. The highest BCUT2D eigenvalue weighted by Gasteiger charge is 2.31. The standard InChI is InChI=1S/C15H19N7O2S2/c1-3-11-4-5-12(25-11)26(23,24)22-8-6-21(7-9-22)15-13-14(16-10-17-15)20(2)19-18-13/h4-5,10H,3,6-9H2,1-2H3. The van der Waals surface area contributed by atoms with Crippen LogP contribution in [0.2, 0.25) is 0 Å². The average Bonchev–Trinajstić information content (AvgIpc) is 3.29. The lowest BCUT2D eigenvalue weighted by molar-refractivity contribution is 0.385. The fraction of sp³-hybridized carbons (Fsp3) is 0.467. The summed E-state index contributed by atoms with van der Waals surface area (Å²) in [5, 5.41) is 8.13. The number of fused-ring (bicyclic) bond motifs is 1. The molecule has 0 radical (unpaired) electrons. The van der Waals surface area contributed by atoms with E-state index in [4.69, 9.17) is 0 Å². The molecular formula is C15H19N7O2S2. The van der Waals surface area contributed by atoms with Crippen LogP contribution >= 0.6 is 11.3 Å². The molecule has 9 nitrogen and oxygen atoms in total. The second-order valence-electron chi connectivity index (χ2n) is 6.05. The third-order valence-electron chi connectivity index (χ3n) is 4.49. The van der Waals surface area contributed by atoms with Gasteiger partial charge in [0.05, 0.1) is 0 Å². The van der Waals surface area contributed by atoms with Crippen LogP contribution in [-0.2, 0) is 23.5 Å². The van der Waals surface area contributed by atoms with Crippen molar-refractivity contribution in [2.45, 2.75) is 17.6 Å². The minimum absolute atomic E-state index is 0.410. The first-order valence-corrected chi connectivity index (χ1v) is 10.6. The van der Waals surface area contributed by atoms with Gasteiger partial charge in [-0.25, -0.2) is 23.1 Å². The van der Waals surface area contributed by atoms with E-state index in [0.29, 0.717) is 47.4 Å². The number of piperazine rings is 1. The number of anilines is 1. The van der Waals surface area contributed by atoms with E-state index in [0.717, 1.165) is 11.3 Å². The Morgan fingerprint density at radius 1 is 1.15 bits per heavy atom. The summed E-state index contributed by atoms with van der Waals surface area (Å²) in [5.41, 5.74) is 1.30. The number of hydrogen-bond acceptors (Lipinski definition) is 8. The smallest absolute Gasteiger partial charge is 0.252 e. The number of aryl methyl sites for hydroxylation is 2. The number of sulfonamides is 1. The van der Waals surface area contributed by atoms with Gasteiger partial charge in [-0.15, -0.1) is 16.4 Å². The van der Waals surface area contributed by atoms with E-state index in [9.17, 15) is 8.42 Å². The van der Waals surface area contributed by atoms with Gasteiger partial charge < -0.3 is 4.90 Å². The molecule has 0 bridgehead atoms. The third kappa shape index (κ3) is 2.85. The van der Waals surface area contributed by atoms with E-state index in [1.54, 1.807) is 22.1 Å². The summed E-state index contributed by atoms with van der Waals surface area (Å²) < 4.78 is 29.2. The van der Waals surface area contributed by atoms with Crippen molar-refractivity contribution < 1.29 is 8.42 Å². The first-order chi connectivity index (χ1) is 12.5. The van der Waals surface area contributed by atoms with Crippen LogP contribution in [0.5, 0.6) is 0 Å². The van der Waals surface area contributed by atoms with Gasteiger partial charge in [0, 0.05) is 38.1 Å². The van der Waals surface area contributed by atoms with Gasteiger partial charge in [0.15, 0.2) is 17.0 Å². The van der Waals surface area contributed by atoms with Crippen LogP contribution in [-0.4, -0.2) is 63.9 Å². The molecule has 4 rings (SSSR count). The Balaban J connectivity index is 1.53. The van der Waals surface area contributed by atoms with Gasteiger partial charge in [0.25, 0.3) is 10.0 Å². The minimum atomic E-state index is -3.43. The van der Waals surface area contributed by atoms with Gasteiger partial charge in [-0.05, 0) is 18.6 Å². The maximum atomic E-state index is 12.8. The van der Waals surface area contributed by atoms with Crippen molar-refractivity contribution >= 4 is 38.3 Å². The summed E-state index contributed by atoms with van der Waals surface area (Å²) >= 11 is 1.35. The van der Waals surface area contributed by atoms with Gasteiger partial charge in [-0.3, -0.25) is 0 Å². The largest absolute Gasteiger partial charge is 0.352 e. The van der Waals surface area contributed by atoms with Crippen molar-refractivity contribution in [3.8, 4) is 0 Å². The molecule has 0 aliphatic carbocycles. The molecule has 11 heteroatoms. The summed E-state index contributed by atoms with van der Waals surface area (Å²) in [5.74, 6) is 0.699. The Kier molecular flexibility index (Phi) is 4.37. The molecule has 1 saturated heterocycles. The van der Waals surface area contributed by atoms with Gasteiger partial charge in [0.1, 0.15) is 10.5 Å². The molecule has 26 heavy (non-hydrogen) atoms. The van der Waals surface area contributed by atoms with Gasteiger partial charge >= 0.3 is 0 Å². The van der Waals surface area contributed by atoms with E-state index >= 15 is 0 Å². The van der Waals surface area contributed by atoms with Crippen LogP contribution < -0.4 is 4.90 Å². The molecule has 0 atom stereocenters. The Labute approximate surface area is 155 Å². The normalized spacial score (nSPS) is 16.5. The Hall–Kier alpha value is -2.11. The van der Waals surface area contributed by atoms with Crippen molar-refractivity contribution in [2.75, 3.05) is 31.1 Å². The second kappa shape index (κ2) is 6.56. The van der Waals surface area contributed by atoms with Gasteiger partial charge in [-0.1, -0.05) is 12.1 Å².